The molecule has 5 heteroatoms. The molecule has 1 heterocycles. The Labute approximate surface area is 96.5 Å². The summed E-state index contributed by atoms with van der Waals surface area (Å²) in [7, 11) is -3.11. The van der Waals surface area contributed by atoms with Crippen molar-refractivity contribution in [1.82, 2.24) is 0 Å². The number of rotatable bonds is 7. The van der Waals surface area contributed by atoms with Gasteiger partial charge in [-0.25, -0.2) is 0 Å². The molecule has 0 saturated heterocycles. The number of hydrogen-bond acceptors (Lipinski definition) is 4. The van der Waals surface area contributed by atoms with Crippen LogP contribution in [0, 0.1) is 0 Å². The molecule has 0 amide bonds. The Bertz CT molecular complexity index is 324. The minimum Gasteiger partial charge on any atom is -0.468 e. The van der Waals surface area contributed by atoms with E-state index in [4.69, 9.17) is 13.5 Å². The highest BCUT2D eigenvalue weighted by atomic mass is 31.2. The van der Waals surface area contributed by atoms with Crippen LogP contribution in [0.15, 0.2) is 22.8 Å². The molecular formula is C11H19O4P. The minimum absolute atomic E-state index is 0.317. The fourth-order valence-electron chi connectivity index (χ4n) is 1.64. The van der Waals surface area contributed by atoms with E-state index in [9.17, 15) is 4.57 Å². The number of hydrogen-bond donors (Lipinski definition) is 0. The van der Waals surface area contributed by atoms with Crippen molar-refractivity contribution < 1.29 is 18.0 Å². The second kappa shape index (κ2) is 6.24. The summed E-state index contributed by atoms with van der Waals surface area (Å²) >= 11 is 0. The molecule has 1 atom stereocenters. The summed E-state index contributed by atoms with van der Waals surface area (Å²) in [6.45, 7) is 6.29. The average Bonchev–Trinajstić information content (AvgIpc) is 2.72. The SMILES string of the molecule is CCOP(=O)(OCC)C(CC)c1ccco1. The van der Waals surface area contributed by atoms with Gasteiger partial charge in [-0.1, -0.05) is 6.92 Å². The zero-order valence-electron chi connectivity index (χ0n) is 10.0. The van der Waals surface area contributed by atoms with Gasteiger partial charge in [0.05, 0.1) is 19.5 Å². The molecule has 0 radical (unpaired) electrons. The van der Waals surface area contributed by atoms with Crippen LogP contribution in [-0.2, 0) is 13.6 Å². The van der Waals surface area contributed by atoms with Gasteiger partial charge in [0.25, 0.3) is 0 Å². The maximum Gasteiger partial charge on any atom is 0.341 e. The molecule has 16 heavy (non-hydrogen) atoms. The lowest BCUT2D eigenvalue weighted by atomic mass is 10.3. The van der Waals surface area contributed by atoms with Crippen LogP contribution in [0.2, 0.25) is 0 Å². The highest BCUT2D eigenvalue weighted by molar-refractivity contribution is 7.54. The van der Waals surface area contributed by atoms with Crippen molar-refractivity contribution in [2.45, 2.75) is 32.9 Å². The predicted octanol–water partition coefficient (Wildman–Crippen LogP) is 4.00. The molecule has 0 aliphatic rings. The summed E-state index contributed by atoms with van der Waals surface area (Å²) in [5, 5.41) is 0. The van der Waals surface area contributed by atoms with Gasteiger partial charge in [0, 0.05) is 0 Å². The zero-order chi connectivity index (χ0) is 12.0. The minimum atomic E-state index is -3.11. The first kappa shape index (κ1) is 13.5. The summed E-state index contributed by atoms with van der Waals surface area (Å²) in [6, 6.07) is 3.58. The quantitative estimate of drug-likeness (QED) is 0.682. The van der Waals surface area contributed by atoms with Gasteiger partial charge in [0.2, 0.25) is 0 Å². The van der Waals surface area contributed by atoms with E-state index in [1.54, 1.807) is 32.2 Å². The summed E-state index contributed by atoms with van der Waals surface area (Å²) in [5.41, 5.74) is -0.317. The van der Waals surface area contributed by atoms with Gasteiger partial charge in [0.1, 0.15) is 11.4 Å². The van der Waals surface area contributed by atoms with Crippen LogP contribution in [0.1, 0.15) is 38.6 Å². The summed E-state index contributed by atoms with van der Waals surface area (Å²) in [6.07, 6.45) is 2.23. The second-order valence-corrected chi connectivity index (χ2v) is 5.53. The standard InChI is InChI=1S/C11H19O4P/c1-4-11(10-8-7-9-13-10)16(12,14-5-2)15-6-3/h7-9,11H,4-6H2,1-3H3. The maximum absolute atomic E-state index is 12.5. The van der Waals surface area contributed by atoms with Crippen molar-refractivity contribution in [2.75, 3.05) is 13.2 Å². The Hall–Kier alpha value is -0.570. The molecule has 92 valence electrons. The Morgan fingerprint density at radius 1 is 1.31 bits per heavy atom. The molecular weight excluding hydrogens is 227 g/mol. The van der Waals surface area contributed by atoms with E-state index in [0.717, 1.165) is 0 Å². The van der Waals surface area contributed by atoms with E-state index >= 15 is 0 Å². The van der Waals surface area contributed by atoms with Crippen LogP contribution in [-0.4, -0.2) is 13.2 Å². The molecule has 4 nitrogen and oxygen atoms in total. The van der Waals surface area contributed by atoms with Gasteiger partial charge in [-0.05, 0) is 32.4 Å². The van der Waals surface area contributed by atoms with Crippen molar-refractivity contribution in [2.24, 2.45) is 0 Å². The van der Waals surface area contributed by atoms with E-state index in [2.05, 4.69) is 0 Å². The summed E-state index contributed by atoms with van der Waals surface area (Å²) in [4.78, 5) is 0. The average molecular weight is 246 g/mol. The molecule has 0 bridgehead atoms. The molecule has 0 aliphatic heterocycles. The van der Waals surface area contributed by atoms with Gasteiger partial charge in [-0.2, -0.15) is 0 Å². The summed E-state index contributed by atoms with van der Waals surface area (Å²) < 4.78 is 28.5. The number of furan rings is 1. The van der Waals surface area contributed by atoms with Gasteiger partial charge in [-0.3, -0.25) is 4.57 Å². The zero-order valence-corrected chi connectivity index (χ0v) is 10.9. The van der Waals surface area contributed by atoms with Gasteiger partial charge in [0.15, 0.2) is 0 Å². The molecule has 0 N–H and O–H groups in total. The van der Waals surface area contributed by atoms with Crippen molar-refractivity contribution in [3.05, 3.63) is 24.2 Å². The predicted molar refractivity (Wildman–Crippen MR) is 62.6 cm³/mol. The molecule has 0 aliphatic carbocycles. The highest BCUT2D eigenvalue weighted by Gasteiger charge is 2.37. The second-order valence-electron chi connectivity index (χ2n) is 3.31. The van der Waals surface area contributed by atoms with Gasteiger partial charge < -0.3 is 13.5 Å². The molecule has 0 spiro atoms. The highest BCUT2D eigenvalue weighted by Crippen LogP contribution is 2.62. The van der Waals surface area contributed by atoms with Crippen LogP contribution < -0.4 is 0 Å². The van der Waals surface area contributed by atoms with E-state index in [1.807, 2.05) is 6.92 Å². The Kier molecular flexibility index (Phi) is 5.26. The van der Waals surface area contributed by atoms with E-state index < -0.39 is 7.60 Å². The van der Waals surface area contributed by atoms with Crippen molar-refractivity contribution >= 4 is 7.60 Å². The van der Waals surface area contributed by atoms with Crippen LogP contribution in [0.25, 0.3) is 0 Å². The maximum atomic E-state index is 12.5. The van der Waals surface area contributed by atoms with E-state index in [0.29, 0.717) is 25.4 Å². The van der Waals surface area contributed by atoms with Crippen LogP contribution in [0.4, 0.5) is 0 Å². The normalized spacial score (nSPS) is 13.9. The summed E-state index contributed by atoms with van der Waals surface area (Å²) in [5.74, 6) is 0.660. The van der Waals surface area contributed by atoms with Gasteiger partial charge >= 0.3 is 7.60 Å². The first-order chi connectivity index (χ1) is 7.68. The molecule has 1 rings (SSSR count). The molecule has 1 unspecified atom stereocenters. The Morgan fingerprint density at radius 3 is 2.31 bits per heavy atom. The first-order valence-corrected chi connectivity index (χ1v) is 7.21. The molecule has 0 aromatic carbocycles. The van der Waals surface area contributed by atoms with Crippen LogP contribution in [0.3, 0.4) is 0 Å². The Balaban J connectivity index is 2.94. The fraction of sp³-hybridized carbons (Fsp3) is 0.636. The lowest BCUT2D eigenvalue weighted by Gasteiger charge is -2.23. The van der Waals surface area contributed by atoms with Crippen molar-refractivity contribution in [3.63, 3.8) is 0 Å². The molecule has 1 aromatic rings. The van der Waals surface area contributed by atoms with E-state index in [-0.39, 0.29) is 5.66 Å². The van der Waals surface area contributed by atoms with Crippen LogP contribution in [0.5, 0.6) is 0 Å². The lowest BCUT2D eigenvalue weighted by molar-refractivity contribution is 0.208. The van der Waals surface area contributed by atoms with Crippen molar-refractivity contribution in [3.8, 4) is 0 Å². The van der Waals surface area contributed by atoms with E-state index in [1.165, 1.54) is 0 Å². The third-order valence-corrected chi connectivity index (χ3v) is 4.88. The molecule has 1 aromatic heterocycles. The van der Waals surface area contributed by atoms with Gasteiger partial charge in [-0.15, -0.1) is 0 Å². The molecule has 0 saturated carbocycles. The molecule has 0 fully saturated rings. The van der Waals surface area contributed by atoms with Crippen molar-refractivity contribution in [1.29, 1.82) is 0 Å². The first-order valence-electron chi connectivity index (χ1n) is 5.60. The Morgan fingerprint density at radius 2 is 1.94 bits per heavy atom. The topological polar surface area (TPSA) is 48.7 Å². The monoisotopic (exact) mass is 246 g/mol. The smallest absolute Gasteiger partial charge is 0.341 e. The third-order valence-electron chi connectivity index (χ3n) is 2.26. The lowest BCUT2D eigenvalue weighted by Crippen LogP contribution is -2.05. The van der Waals surface area contributed by atoms with Crippen LogP contribution >= 0.6 is 7.60 Å². The fourth-order valence-corrected chi connectivity index (χ4v) is 3.70. The largest absolute Gasteiger partial charge is 0.468 e. The third kappa shape index (κ3) is 2.97.